The molecular formula is C16H19F3N2O2. The number of halogens is 3. The molecule has 2 rings (SSSR count). The number of carbonyl (C=O) groups excluding carboxylic acids is 2. The van der Waals surface area contributed by atoms with E-state index in [9.17, 15) is 22.8 Å². The summed E-state index contributed by atoms with van der Waals surface area (Å²) in [6.07, 6.45) is -3.33. The fourth-order valence-corrected chi connectivity index (χ4v) is 2.60. The lowest BCUT2D eigenvalue weighted by Gasteiger charge is -2.49. The van der Waals surface area contributed by atoms with Gasteiger partial charge in [0, 0.05) is 13.0 Å². The molecule has 0 radical (unpaired) electrons. The van der Waals surface area contributed by atoms with Crippen molar-refractivity contribution in [1.29, 1.82) is 0 Å². The first-order valence-electron chi connectivity index (χ1n) is 7.42. The van der Waals surface area contributed by atoms with Gasteiger partial charge in [-0.1, -0.05) is 30.3 Å². The largest absolute Gasteiger partial charge is 0.405 e. The minimum absolute atomic E-state index is 0.218. The Balaban J connectivity index is 1.89. The van der Waals surface area contributed by atoms with E-state index < -0.39 is 24.2 Å². The zero-order chi connectivity index (χ0) is 17.1. The van der Waals surface area contributed by atoms with Gasteiger partial charge in [-0.25, -0.2) is 0 Å². The summed E-state index contributed by atoms with van der Waals surface area (Å²) < 4.78 is 36.6. The maximum absolute atomic E-state index is 12.2. The van der Waals surface area contributed by atoms with Gasteiger partial charge in [0.05, 0.1) is 0 Å². The predicted octanol–water partition coefficient (Wildman–Crippen LogP) is 2.29. The Morgan fingerprint density at radius 1 is 1.26 bits per heavy atom. The Kier molecular flexibility index (Phi) is 4.97. The van der Waals surface area contributed by atoms with Crippen molar-refractivity contribution in [2.45, 2.75) is 37.9 Å². The minimum atomic E-state index is -4.46. The Labute approximate surface area is 132 Å². The Bertz CT molecular complexity index is 574. The molecule has 1 heterocycles. The van der Waals surface area contributed by atoms with E-state index in [0.29, 0.717) is 19.4 Å². The molecule has 1 aliphatic rings. The molecule has 1 N–H and O–H groups in total. The van der Waals surface area contributed by atoms with Crippen molar-refractivity contribution >= 4 is 11.8 Å². The number of hydrogen-bond acceptors (Lipinski definition) is 2. The summed E-state index contributed by atoms with van der Waals surface area (Å²) >= 11 is 0. The van der Waals surface area contributed by atoms with Crippen LogP contribution < -0.4 is 5.32 Å². The third-order valence-electron chi connectivity index (χ3n) is 4.13. The van der Waals surface area contributed by atoms with Crippen LogP contribution in [0.4, 0.5) is 13.2 Å². The molecule has 1 atom stereocenters. The number of alkyl halides is 3. The smallest absolute Gasteiger partial charge is 0.345 e. The number of likely N-dealkylation sites (tertiary alicyclic amines) is 1. The highest BCUT2D eigenvalue weighted by Crippen LogP contribution is 2.31. The standard InChI is InChI=1S/C16H19F3N2O2/c1-15(14(23)20-11-16(17,18)19)9-10-21(15)13(22)8-7-12-5-3-2-4-6-12/h2-6H,7-11H2,1H3,(H,20,23). The summed E-state index contributed by atoms with van der Waals surface area (Å²) in [5.41, 5.74) is -0.177. The van der Waals surface area contributed by atoms with Gasteiger partial charge in [-0.3, -0.25) is 9.59 Å². The number of hydrogen-bond donors (Lipinski definition) is 1. The first kappa shape index (κ1) is 17.3. The van der Waals surface area contributed by atoms with E-state index in [-0.39, 0.29) is 12.3 Å². The first-order chi connectivity index (χ1) is 10.7. The van der Waals surface area contributed by atoms with Crippen LogP contribution in [0.25, 0.3) is 0 Å². The molecule has 4 nitrogen and oxygen atoms in total. The van der Waals surface area contributed by atoms with Crippen LogP contribution in [0.3, 0.4) is 0 Å². The molecule has 1 aromatic rings. The van der Waals surface area contributed by atoms with Gasteiger partial charge in [-0.05, 0) is 25.3 Å². The SMILES string of the molecule is CC1(C(=O)NCC(F)(F)F)CCN1C(=O)CCc1ccccc1. The topological polar surface area (TPSA) is 49.4 Å². The average molecular weight is 328 g/mol. The maximum atomic E-state index is 12.2. The van der Waals surface area contributed by atoms with Gasteiger partial charge in [0.1, 0.15) is 12.1 Å². The second-order valence-electron chi connectivity index (χ2n) is 5.85. The molecule has 23 heavy (non-hydrogen) atoms. The number of aryl methyl sites for hydroxylation is 1. The molecule has 0 spiro atoms. The number of nitrogens with one attached hydrogen (secondary N) is 1. The lowest BCUT2D eigenvalue weighted by Crippen LogP contribution is -2.67. The van der Waals surface area contributed by atoms with Crippen molar-refractivity contribution in [3.8, 4) is 0 Å². The molecule has 0 bridgehead atoms. The summed E-state index contributed by atoms with van der Waals surface area (Å²) in [5.74, 6) is -0.973. The molecule has 0 aromatic heterocycles. The van der Waals surface area contributed by atoms with E-state index in [4.69, 9.17) is 0 Å². The van der Waals surface area contributed by atoms with Gasteiger partial charge in [0.25, 0.3) is 0 Å². The van der Waals surface area contributed by atoms with Gasteiger partial charge in [-0.2, -0.15) is 13.2 Å². The zero-order valence-electron chi connectivity index (χ0n) is 12.8. The molecule has 1 aliphatic heterocycles. The lowest BCUT2D eigenvalue weighted by molar-refractivity contribution is -0.161. The summed E-state index contributed by atoms with van der Waals surface area (Å²) in [6.45, 7) is 0.514. The van der Waals surface area contributed by atoms with Crippen LogP contribution in [0.1, 0.15) is 25.3 Å². The highest BCUT2D eigenvalue weighted by atomic mass is 19.4. The van der Waals surface area contributed by atoms with Gasteiger partial charge >= 0.3 is 6.18 Å². The van der Waals surface area contributed by atoms with Crippen molar-refractivity contribution in [2.24, 2.45) is 0 Å². The van der Waals surface area contributed by atoms with E-state index in [1.54, 1.807) is 0 Å². The molecule has 2 amide bonds. The van der Waals surface area contributed by atoms with Gasteiger partial charge in [0.15, 0.2) is 0 Å². The van der Waals surface area contributed by atoms with Gasteiger partial charge in [0.2, 0.25) is 11.8 Å². The molecule has 0 aliphatic carbocycles. The Morgan fingerprint density at radius 2 is 1.91 bits per heavy atom. The van der Waals surface area contributed by atoms with Crippen LogP contribution in [0.5, 0.6) is 0 Å². The molecule has 1 fully saturated rings. The molecule has 0 saturated carbocycles. The maximum Gasteiger partial charge on any atom is 0.405 e. The summed E-state index contributed by atoms with van der Waals surface area (Å²) in [6, 6.07) is 9.43. The number of rotatable bonds is 5. The van der Waals surface area contributed by atoms with Gasteiger partial charge < -0.3 is 10.2 Å². The Morgan fingerprint density at radius 3 is 2.43 bits per heavy atom. The van der Waals surface area contributed by atoms with Crippen molar-refractivity contribution in [2.75, 3.05) is 13.1 Å². The Hall–Kier alpha value is -2.05. The number of nitrogens with zero attached hydrogens (tertiary/aromatic N) is 1. The first-order valence-corrected chi connectivity index (χ1v) is 7.42. The molecule has 1 unspecified atom stereocenters. The summed E-state index contributed by atoms with van der Waals surface area (Å²) in [5, 5.41) is 1.87. The monoisotopic (exact) mass is 328 g/mol. The molecule has 126 valence electrons. The highest BCUT2D eigenvalue weighted by molar-refractivity contribution is 5.92. The predicted molar refractivity (Wildman–Crippen MR) is 78.6 cm³/mol. The van der Waals surface area contributed by atoms with E-state index in [1.807, 2.05) is 35.6 Å². The molecule has 7 heteroatoms. The molecule has 1 aromatic carbocycles. The van der Waals surface area contributed by atoms with E-state index in [0.717, 1.165) is 5.56 Å². The summed E-state index contributed by atoms with van der Waals surface area (Å²) in [4.78, 5) is 25.6. The fraction of sp³-hybridized carbons (Fsp3) is 0.500. The van der Waals surface area contributed by atoms with Crippen LogP contribution in [0.15, 0.2) is 30.3 Å². The van der Waals surface area contributed by atoms with Crippen molar-refractivity contribution in [3.05, 3.63) is 35.9 Å². The third-order valence-corrected chi connectivity index (χ3v) is 4.13. The third kappa shape index (κ3) is 4.24. The van der Waals surface area contributed by atoms with Crippen molar-refractivity contribution in [1.82, 2.24) is 10.2 Å². The minimum Gasteiger partial charge on any atom is -0.345 e. The lowest BCUT2D eigenvalue weighted by atomic mass is 9.85. The van der Waals surface area contributed by atoms with Crippen LogP contribution in [-0.4, -0.2) is 41.5 Å². The second-order valence-corrected chi connectivity index (χ2v) is 5.85. The fourth-order valence-electron chi connectivity index (χ4n) is 2.60. The second kappa shape index (κ2) is 6.60. The van der Waals surface area contributed by atoms with E-state index in [1.165, 1.54) is 11.8 Å². The summed E-state index contributed by atoms with van der Waals surface area (Å²) in [7, 11) is 0. The van der Waals surface area contributed by atoms with Crippen LogP contribution in [0, 0.1) is 0 Å². The number of carbonyl (C=O) groups is 2. The van der Waals surface area contributed by atoms with Gasteiger partial charge in [-0.15, -0.1) is 0 Å². The van der Waals surface area contributed by atoms with Crippen molar-refractivity contribution in [3.63, 3.8) is 0 Å². The average Bonchev–Trinajstić information content (AvgIpc) is 2.49. The molecule has 1 saturated heterocycles. The van der Waals surface area contributed by atoms with E-state index in [2.05, 4.69) is 0 Å². The quantitative estimate of drug-likeness (QED) is 0.901. The van der Waals surface area contributed by atoms with Crippen LogP contribution in [0.2, 0.25) is 0 Å². The van der Waals surface area contributed by atoms with Crippen molar-refractivity contribution < 1.29 is 22.8 Å². The normalized spacial score (nSPS) is 20.8. The highest BCUT2D eigenvalue weighted by Gasteiger charge is 2.49. The van der Waals surface area contributed by atoms with E-state index >= 15 is 0 Å². The van der Waals surface area contributed by atoms with Crippen LogP contribution in [-0.2, 0) is 16.0 Å². The number of benzene rings is 1. The zero-order valence-corrected chi connectivity index (χ0v) is 12.8. The number of amides is 2. The molecular weight excluding hydrogens is 309 g/mol. The van der Waals surface area contributed by atoms with Crippen LogP contribution >= 0.6 is 0 Å².